The van der Waals surface area contributed by atoms with Gasteiger partial charge in [-0.25, -0.2) is 0 Å². The normalized spacial score (nSPS) is 16.2. The summed E-state index contributed by atoms with van der Waals surface area (Å²) in [6, 6.07) is 0. The zero-order valence-electron chi connectivity index (χ0n) is 12.5. The Balaban J connectivity index is 1.96. The van der Waals surface area contributed by atoms with Gasteiger partial charge >= 0.3 is 5.97 Å². The van der Waals surface area contributed by atoms with Crippen molar-refractivity contribution in [1.82, 2.24) is 4.90 Å². The molecule has 20 heavy (non-hydrogen) atoms. The van der Waals surface area contributed by atoms with Crippen LogP contribution >= 0.6 is 11.8 Å². The lowest BCUT2D eigenvalue weighted by atomic mass is 10.1. The van der Waals surface area contributed by atoms with Gasteiger partial charge in [-0.2, -0.15) is 11.8 Å². The van der Waals surface area contributed by atoms with Crippen LogP contribution in [0.5, 0.6) is 0 Å². The molecule has 0 aliphatic carbocycles. The summed E-state index contributed by atoms with van der Waals surface area (Å²) < 4.78 is 4.60. The van der Waals surface area contributed by atoms with Gasteiger partial charge in [0.2, 0.25) is 0 Å². The van der Waals surface area contributed by atoms with E-state index < -0.39 is 0 Å². The number of carbonyl (C=O) groups excluding carboxylic acids is 1. The van der Waals surface area contributed by atoms with Gasteiger partial charge in [-0.1, -0.05) is 19.3 Å². The highest BCUT2D eigenvalue weighted by Crippen LogP contribution is 2.09. The molecular weight excluding hydrogens is 274 g/mol. The minimum absolute atomic E-state index is 0.109. The minimum atomic E-state index is -0.109. The summed E-state index contributed by atoms with van der Waals surface area (Å²) >= 11 is 1.97. The lowest BCUT2D eigenvalue weighted by Gasteiger charge is -2.27. The van der Waals surface area contributed by atoms with Crippen LogP contribution in [0.3, 0.4) is 0 Å². The molecule has 0 atom stereocenters. The fourth-order valence-electron chi connectivity index (χ4n) is 2.10. The van der Waals surface area contributed by atoms with Crippen LogP contribution in [-0.4, -0.2) is 55.1 Å². The second-order valence-corrected chi connectivity index (χ2v) is 6.16. The van der Waals surface area contributed by atoms with E-state index in [4.69, 9.17) is 5.73 Å². The smallest absolute Gasteiger partial charge is 0.305 e. The number of methoxy groups -OCH3 is 1. The van der Waals surface area contributed by atoms with Gasteiger partial charge in [-0.15, -0.1) is 0 Å². The van der Waals surface area contributed by atoms with E-state index in [0.29, 0.717) is 12.4 Å². The molecule has 0 aromatic heterocycles. The molecule has 0 aromatic carbocycles. The molecule has 1 aliphatic heterocycles. The van der Waals surface area contributed by atoms with Crippen molar-refractivity contribution in [2.24, 2.45) is 10.7 Å². The van der Waals surface area contributed by atoms with Crippen LogP contribution in [0.15, 0.2) is 4.99 Å². The maximum atomic E-state index is 10.9. The van der Waals surface area contributed by atoms with E-state index in [2.05, 4.69) is 14.6 Å². The van der Waals surface area contributed by atoms with Gasteiger partial charge in [0.05, 0.1) is 7.11 Å². The SMILES string of the molecule is COC(=O)CCCCCCCN=C(N)N1CCSCC1. The number of unbranched alkanes of at least 4 members (excludes halogenated alkanes) is 4. The number of carbonyl (C=O) groups is 1. The van der Waals surface area contributed by atoms with Crippen molar-refractivity contribution in [2.75, 3.05) is 38.2 Å². The second-order valence-electron chi connectivity index (χ2n) is 4.93. The maximum absolute atomic E-state index is 10.9. The molecule has 0 radical (unpaired) electrons. The molecule has 0 aromatic rings. The Kier molecular flexibility index (Phi) is 9.28. The van der Waals surface area contributed by atoms with Crippen molar-refractivity contribution in [3.63, 3.8) is 0 Å². The van der Waals surface area contributed by atoms with Gasteiger partial charge in [0.25, 0.3) is 0 Å². The molecular formula is C14H27N3O2S. The van der Waals surface area contributed by atoms with Crippen molar-refractivity contribution in [3.05, 3.63) is 0 Å². The first-order valence-corrected chi connectivity index (χ1v) is 8.59. The number of nitrogens with two attached hydrogens (primary N) is 1. The summed E-state index contributed by atoms with van der Waals surface area (Å²) in [7, 11) is 1.44. The maximum Gasteiger partial charge on any atom is 0.305 e. The summed E-state index contributed by atoms with van der Waals surface area (Å²) in [5.74, 6) is 2.89. The first-order chi connectivity index (χ1) is 9.74. The lowest BCUT2D eigenvalue weighted by Crippen LogP contribution is -2.42. The van der Waals surface area contributed by atoms with Crippen molar-refractivity contribution < 1.29 is 9.53 Å². The van der Waals surface area contributed by atoms with Crippen LogP contribution in [0.1, 0.15) is 38.5 Å². The molecule has 6 heteroatoms. The molecule has 0 unspecified atom stereocenters. The monoisotopic (exact) mass is 301 g/mol. The molecule has 1 rings (SSSR count). The number of thioether (sulfide) groups is 1. The molecule has 116 valence electrons. The van der Waals surface area contributed by atoms with E-state index in [9.17, 15) is 4.79 Å². The highest BCUT2D eigenvalue weighted by atomic mass is 32.2. The minimum Gasteiger partial charge on any atom is -0.469 e. The largest absolute Gasteiger partial charge is 0.469 e. The third-order valence-electron chi connectivity index (χ3n) is 3.38. The number of hydrogen-bond acceptors (Lipinski definition) is 4. The van der Waals surface area contributed by atoms with Crippen LogP contribution < -0.4 is 5.73 Å². The van der Waals surface area contributed by atoms with Gasteiger partial charge < -0.3 is 15.4 Å². The van der Waals surface area contributed by atoms with Gasteiger partial charge in [-0.3, -0.25) is 9.79 Å². The Morgan fingerprint density at radius 3 is 2.55 bits per heavy atom. The fourth-order valence-corrected chi connectivity index (χ4v) is 3.00. The number of guanidine groups is 1. The van der Waals surface area contributed by atoms with Gasteiger partial charge in [0.15, 0.2) is 5.96 Å². The van der Waals surface area contributed by atoms with Gasteiger partial charge in [0, 0.05) is 37.6 Å². The highest BCUT2D eigenvalue weighted by molar-refractivity contribution is 7.99. The summed E-state index contributed by atoms with van der Waals surface area (Å²) in [5, 5.41) is 0. The third kappa shape index (κ3) is 7.62. The van der Waals surface area contributed by atoms with Crippen molar-refractivity contribution in [2.45, 2.75) is 38.5 Å². The number of esters is 1. The third-order valence-corrected chi connectivity index (χ3v) is 4.32. The molecule has 1 fully saturated rings. The number of ether oxygens (including phenoxy) is 1. The van der Waals surface area contributed by atoms with Gasteiger partial charge in [-0.05, 0) is 12.8 Å². The predicted octanol–water partition coefficient (Wildman–Crippen LogP) is 1.86. The Hall–Kier alpha value is -0.910. The Bertz CT molecular complexity index is 305. The quantitative estimate of drug-likeness (QED) is 0.321. The van der Waals surface area contributed by atoms with Crippen LogP contribution in [0, 0.1) is 0 Å². The first-order valence-electron chi connectivity index (χ1n) is 7.43. The van der Waals surface area contributed by atoms with E-state index in [0.717, 1.165) is 63.2 Å². The summed E-state index contributed by atoms with van der Waals surface area (Å²) in [4.78, 5) is 17.5. The van der Waals surface area contributed by atoms with E-state index in [1.165, 1.54) is 7.11 Å². The molecule has 1 saturated heterocycles. The van der Waals surface area contributed by atoms with Crippen LogP contribution in [0.25, 0.3) is 0 Å². The van der Waals surface area contributed by atoms with Crippen molar-refractivity contribution >= 4 is 23.7 Å². The number of nitrogens with zero attached hydrogens (tertiary/aromatic N) is 2. The highest BCUT2D eigenvalue weighted by Gasteiger charge is 2.11. The Labute approximate surface area is 126 Å². The average Bonchev–Trinajstić information content (AvgIpc) is 2.50. The fraction of sp³-hybridized carbons (Fsp3) is 0.857. The van der Waals surface area contributed by atoms with E-state index >= 15 is 0 Å². The van der Waals surface area contributed by atoms with E-state index in [-0.39, 0.29) is 5.97 Å². The molecule has 2 N–H and O–H groups in total. The summed E-state index contributed by atoms with van der Waals surface area (Å²) in [6.07, 6.45) is 5.90. The molecule has 5 nitrogen and oxygen atoms in total. The van der Waals surface area contributed by atoms with Crippen LogP contribution in [-0.2, 0) is 9.53 Å². The topological polar surface area (TPSA) is 67.9 Å². The summed E-state index contributed by atoms with van der Waals surface area (Å²) in [5.41, 5.74) is 5.97. The Morgan fingerprint density at radius 1 is 1.20 bits per heavy atom. The van der Waals surface area contributed by atoms with Gasteiger partial charge in [0.1, 0.15) is 0 Å². The zero-order valence-corrected chi connectivity index (χ0v) is 13.3. The molecule has 1 aliphatic rings. The predicted molar refractivity (Wildman–Crippen MR) is 85.1 cm³/mol. The van der Waals surface area contributed by atoms with Crippen molar-refractivity contribution in [1.29, 1.82) is 0 Å². The number of aliphatic imine (C=N–C) groups is 1. The standard InChI is InChI=1S/C14H27N3O2S/c1-19-13(18)7-5-3-2-4-6-8-16-14(15)17-9-11-20-12-10-17/h2-12H2,1H3,(H2,15,16). The van der Waals surface area contributed by atoms with Crippen LogP contribution in [0.2, 0.25) is 0 Å². The zero-order chi connectivity index (χ0) is 14.6. The second kappa shape index (κ2) is 10.8. The molecule has 1 heterocycles. The van der Waals surface area contributed by atoms with E-state index in [1.807, 2.05) is 11.8 Å². The van der Waals surface area contributed by atoms with Crippen LogP contribution in [0.4, 0.5) is 0 Å². The summed E-state index contributed by atoms with van der Waals surface area (Å²) in [6.45, 7) is 2.85. The number of rotatable bonds is 8. The lowest BCUT2D eigenvalue weighted by molar-refractivity contribution is -0.140. The number of hydrogen-bond donors (Lipinski definition) is 1. The first kappa shape index (κ1) is 17.1. The molecule has 0 spiro atoms. The van der Waals surface area contributed by atoms with Crippen molar-refractivity contribution in [3.8, 4) is 0 Å². The molecule has 0 saturated carbocycles. The molecule has 0 bridgehead atoms. The average molecular weight is 301 g/mol. The molecule has 0 amide bonds. The Morgan fingerprint density at radius 2 is 1.85 bits per heavy atom. The van der Waals surface area contributed by atoms with E-state index in [1.54, 1.807) is 0 Å².